The number of amides is 1. The van der Waals surface area contributed by atoms with E-state index in [1.54, 1.807) is 4.90 Å². The van der Waals surface area contributed by atoms with Crippen LogP contribution in [0, 0.1) is 12.8 Å². The van der Waals surface area contributed by atoms with Gasteiger partial charge in [-0.15, -0.1) is 0 Å². The summed E-state index contributed by atoms with van der Waals surface area (Å²) in [6.45, 7) is 5.65. The minimum Gasteiger partial charge on any atom is -0.391 e. The van der Waals surface area contributed by atoms with E-state index >= 15 is 0 Å². The molecule has 2 heterocycles. The van der Waals surface area contributed by atoms with Crippen LogP contribution in [0.3, 0.4) is 0 Å². The van der Waals surface area contributed by atoms with E-state index in [9.17, 15) is 9.90 Å². The Bertz CT molecular complexity index is 662. The Balaban J connectivity index is 1.78. The van der Waals surface area contributed by atoms with Gasteiger partial charge in [0.05, 0.1) is 6.10 Å². The molecule has 1 saturated heterocycles. The van der Waals surface area contributed by atoms with Crippen molar-refractivity contribution in [1.29, 1.82) is 0 Å². The maximum atomic E-state index is 12.5. The highest BCUT2D eigenvalue weighted by molar-refractivity contribution is 5.86. The number of hydrogen-bond acceptors (Lipinski definition) is 2. The zero-order valence-electron chi connectivity index (χ0n) is 12.6. The molecule has 1 aromatic carbocycles. The smallest absolute Gasteiger partial charge is 0.242 e. The first-order valence-corrected chi connectivity index (χ1v) is 7.56. The maximum absolute atomic E-state index is 12.5. The highest BCUT2D eigenvalue weighted by Crippen LogP contribution is 2.21. The largest absolute Gasteiger partial charge is 0.391 e. The summed E-state index contributed by atoms with van der Waals surface area (Å²) in [6, 6.07) is 8.14. The number of aromatic nitrogens is 1. The first-order chi connectivity index (χ1) is 10.1. The van der Waals surface area contributed by atoms with Gasteiger partial charge in [-0.05, 0) is 30.9 Å². The molecule has 21 heavy (non-hydrogen) atoms. The Hall–Kier alpha value is -1.81. The molecule has 1 aliphatic rings. The normalized spacial score (nSPS) is 22.7. The lowest BCUT2D eigenvalue weighted by Gasteiger charge is -2.34. The molecule has 2 aromatic rings. The number of hydrogen-bond donors (Lipinski definition) is 1. The third-order valence-corrected chi connectivity index (χ3v) is 4.56. The molecule has 1 aliphatic heterocycles. The Labute approximate surface area is 125 Å². The van der Waals surface area contributed by atoms with Crippen molar-refractivity contribution in [2.24, 2.45) is 5.92 Å². The van der Waals surface area contributed by atoms with Crippen molar-refractivity contribution in [2.45, 2.75) is 32.9 Å². The van der Waals surface area contributed by atoms with Crippen molar-refractivity contribution in [3.63, 3.8) is 0 Å². The summed E-state index contributed by atoms with van der Waals surface area (Å²) in [6.07, 6.45) is 2.51. The number of aryl methyl sites for hydroxylation is 1. The number of para-hydroxylation sites is 1. The van der Waals surface area contributed by atoms with E-state index in [4.69, 9.17) is 0 Å². The number of carbonyl (C=O) groups excluding carboxylic acids is 1. The van der Waals surface area contributed by atoms with E-state index < -0.39 is 6.10 Å². The molecule has 2 unspecified atom stereocenters. The van der Waals surface area contributed by atoms with Gasteiger partial charge in [-0.3, -0.25) is 4.79 Å². The molecule has 0 spiro atoms. The van der Waals surface area contributed by atoms with Crippen LogP contribution in [0.25, 0.3) is 10.9 Å². The molecule has 1 aromatic heterocycles. The lowest BCUT2D eigenvalue weighted by molar-refractivity contribution is -0.136. The number of benzene rings is 1. The topological polar surface area (TPSA) is 45.5 Å². The molecule has 1 fully saturated rings. The molecule has 2 atom stereocenters. The highest BCUT2D eigenvalue weighted by atomic mass is 16.3. The maximum Gasteiger partial charge on any atom is 0.242 e. The van der Waals surface area contributed by atoms with Crippen LogP contribution >= 0.6 is 0 Å². The average Bonchev–Trinajstić information content (AvgIpc) is 2.79. The van der Waals surface area contributed by atoms with E-state index in [1.165, 1.54) is 10.9 Å². The molecular weight excluding hydrogens is 264 g/mol. The fraction of sp³-hybridized carbons (Fsp3) is 0.471. The third-order valence-electron chi connectivity index (χ3n) is 4.56. The van der Waals surface area contributed by atoms with Crippen LogP contribution in [0.15, 0.2) is 30.5 Å². The Morgan fingerprint density at radius 3 is 2.90 bits per heavy atom. The van der Waals surface area contributed by atoms with Crippen LogP contribution in [0.4, 0.5) is 0 Å². The zero-order chi connectivity index (χ0) is 15.0. The van der Waals surface area contributed by atoms with Crippen molar-refractivity contribution in [2.75, 3.05) is 13.1 Å². The predicted molar refractivity (Wildman–Crippen MR) is 83.0 cm³/mol. The van der Waals surface area contributed by atoms with Gasteiger partial charge in [0.15, 0.2) is 0 Å². The second-order valence-corrected chi connectivity index (χ2v) is 6.13. The summed E-state index contributed by atoms with van der Waals surface area (Å²) in [4.78, 5) is 14.3. The SMILES string of the molecule is Cc1cn(CC(=O)N2CCC(C)C(O)C2)c2ccccc12. The van der Waals surface area contributed by atoms with Gasteiger partial charge in [-0.1, -0.05) is 25.1 Å². The lowest BCUT2D eigenvalue weighted by Crippen LogP contribution is -2.46. The number of aliphatic hydroxyl groups is 1. The summed E-state index contributed by atoms with van der Waals surface area (Å²) in [5.74, 6) is 0.366. The van der Waals surface area contributed by atoms with Crippen molar-refractivity contribution in [1.82, 2.24) is 9.47 Å². The number of piperidine rings is 1. The summed E-state index contributed by atoms with van der Waals surface area (Å²) < 4.78 is 2.01. The first-order valence-electron chi connectivity index (χ1n) is 7.56. The van der Waals surface area contributed by atoms with Gasteiger partial charge < -0.3 is 14.6 Å². The molecule has 1 N–H and O–H groups in total. The number of aliphatic hydroxyl groups excluding tert-OH is 1. The molecule has 0 aliphatic carbocycles. The zero-order valence-corrected chi connectivity index (χ0v) is 12.6. The molecule has 4 nitrogen and oxygen atoms in total. The van der Waals surface area contributed by atoms with Crippen LogP contribution < -0.4 is 0 Å². The molecule has 0 saturated carbocycles. The Kier molecular flexibility index (Phi) is 3.72. The van der Waals surface area contributed by atoms with Gasteiger partial charge in [-0.25, -0.2) is 0 Å². The fourth-order valence-corrected chi connectivity index (χ4v) is 3.08. The minimum absolute atomic E-state index is 0.0849. The van der Waals surface area contributed by atoms with Crippen LogP contribution in [-0.2, 0) is 11.3 Å². The third kappa shape index (κ3) is 2.68. The number of nitrogens with zero attached hydrogens (tertiary/aromatic N) is 2. The van der Waals surface area contributed by atoms with Crippen LogP contribution in [0.5, 0.6) is 0 Å². The quantitative estimate of drug-likeness (QED) is 0.919. The summed E-state index contributed by atoms with van der Waals surface area (Å²) in [5, 5.41) is 11.1. The van der Waals surface area contributed by atoms with Crippen LogP contribution in [-0.4, -0.2) is 39.7 Å². The van der Waals surface area contributed by atoms with Gasteiger partial charge in [0, 0.05) is 30.2 Å². The number of fused-ring (bicyclic) bond motifs is 1. The van der Waals surface area contributed by atoms with Gasteiger partial charge in [0.25, 0.3) is 0 Å². The second-order valence-electron chi connectivity index (χ2n) is 6.13. The van der Waals surface area contributed by atoms with Gasteiger partial charge in [0.2, 0.25) is 5.91 Å². The first kappa shape index (κ1) is 14.1. The van der Waals surface area contributed by atoms with Gasteiger partial charge in [0.1, 0.15) is 6.54 Å². The van der Waals surface area contributed by atoms with Crippen molar-refractivity contribution >= 4 is 16.8 Å². The monoisotopic (exact) mass is 286 g/mol. The molecule has 1 amide bonds. The van der Waals surface area contributed by atoms with Crippen molar-refractivity contribution in [3.8, 4) is 0 Å². The average molecular weight is 286 g/mol. The van der Waals surface area contributed by atoms with Crippen molar-refractivity contribution < 1.29 is 9.90 Å². The number of β-amino-alcohol motifs (C(OH)–C–C–N with tert-alkyl or cyclic N) is 1. The minimum atomic E-state index is -0.397. The lowest BCUT2D eigenvalue weighted by atomic mass is 9.96. The molecule has 3 rings (SSSR count). The van der Waals surface area contributed by atoms with Crippen LogP contribution in [0.2, 0.25) is 0 Å². The van der Waals surface area contributed by atoms with E-state index in [-0.39, 0.29) is 11.8 Å². The summed E-state index contributed by atoms with van der Waals surface area (Å²) >= 11 is 0. The highest BCUT2D eigenvalue weighted by Gasteiger charge is 2.27. The molecule has 0 radical (unpaired) electrons. The van der Waals surface area contributed by atoms with Crippen molar-refractivity contribution in [3.05, 3.63) is 36.0 Å². The van der Waals surface area contributed by atoms with E-state index in [0.717, 1.165) is 18.5 Å². The molecule has 112 valence electrons. The van der Waals surface area contributed by atoms with Crippen LogP contribution in [0.1, 0.15) is 18.9 Å². The van der Waals surface area contributed by atoms with E-state index in [0.29, 0.717) is 13.1 Å². The van der Waals surface area contributed by atoms with E-state index in [2.05, 4.69) is 13.0 Å². The Morgan fingerprint density at radius 1 is 1.38 bits per heavy atom. The number of carbonyl (C=O) groups is 1. The summed E-state index contributed by atoms with van der Waals surface area (Å²) in [7, 11) is 0. The summed E-state index contributed by atoms with van der Waals surface area (Å²) in [5.41, 5.74) is 2.28. The number of rotatable bonds is 2. The van der Waals surface area contributed by atoms with Gasteiger partial charge in [-0.2, -0.15) is 0 Å². The Morgan fingerprint density at radius 2 is 2.14 bits per heavy atom. The van der Waals surface area contributed by atoms with E-state index in [1.807, 2.05) is 35.9 Å². The molecule has 4 heteroatoms. The fourth-order valence-electron chi connectivity index (χ4n) is 3.08. The molecular formula is C17H22N2O2. The molecule has 0 bridgehead atoms. The standard InChI is InChI=1S/C17H22N2O2/c1-12-7-8-18(10-16(12)20)17(21)11-19-9-13(2)14-5-3-4-6-15(14)19/h3-6,9,12,16,20H,7-8,10-11H2,1-2H3. The number of likely N-dealkylation sites (tertiary alicyclic amines) is 1. The van der Waals surface area contributed by atoms with Gasteiger partial charge >= 0.3 is 0 Å². The second kappa shape index (κ2) is 5.53. The predicted octanol–water partition coefficient (Wildman–Crippen LogP) is 2.18.